The molecule has 0 saturated carbocycles. The van der Waals surface area contributed by atoms with Gasteiger partial charge in [0.2, 0.25) is 11.0 Å². The Morgan fingerprint density at radius 1 is 1.67 bits per heavy atom. The van der Waals surface area contributed by atoms with Gasteiger partial charge in [-0.15, -0.1) is 0 Å². The fourth-order valence-electron chi connectivity index (χ4n) is 2.12. The third-order valence-electron chi connectivity index (χ3n) is 2.83. The summed E-state index contributed by atoms with van der Waals surface area (Å²) < 4.78 is 9.25. The van der Waals surface area contributed by atoms with Gasteiger partial charge in [-0.25, -0.2) is 4.98 Å². The number of carbonyl (C=O) groups excluding carboxylic acids is 1. The molecule has 0 aliphatic carbocycles. The predicted octanol–water partition coefficient (Wildman–Crippen LogP) is 0.789. The molecule has 2 heterocycles. The first-order chi connectivity index (χ1) is 8.69. The highest BCUT2D eigenvalue weighted by Gasteiger charge is 2.22. The van der Waals surface area contributed by atoms with Gasteiger partial charge >= 0.3 is 0 Å². The molecule has 0 radical (unpaired) electrons. The summed E-state index contributed by atoms with van der Waals surface area (Å²) in [4.78, 5) is 17.7. The average molecular weight is 270 g/mol. The molecule has 7 heteroatoms. The molecule has 1 aromatic rings. The summed E-state index contributed by atoms with van der Waals surface area (Å²) >= 11 is 1.39. The molecule has 1 aliphatic heterocycles. The topological polar surface area (TPSA) is 67.3 Å². The molecule has 0 bridgehead atoms. The number of anilines is 1. The van der Waals surface area contributed by atoms with Gasteiger partial charge in [-0.05, 0) is 12.8 Å². The minimum atomic E-state index is 0.0270. The highest BCUT2D eigenvalue weighted by atomic mass is 32.1. The number of nitrogens with one attached hydrogen (secondary N) is 1. The lowest BCUT2D eigenvalue weighted by Gasteiger charge is -2.32. The molecule has 1 aromatic heterocycles. The second-order valence-corrected chi connectivity index (χ2v) is 5.14. The van der Waals surface area contributed by atoms with Crippen LogP contribution < -0.4 is 10.2 Å². The van der Waals surface area contributed by atoms with Crippen molar-refractivity contribution in [3.05, 3.63) is 5.82 Å². The molecule has 100 valence electrons. The fourth-order valence-corrected chi connectivity index (χ4v) is 2.83. The van der Waals surface area contributed by atoms with Crippen molar-refractivity contribution in [2.45, 2.75) is 32.4 Å². The largest absolute Gasteiger partial charge is 0.377 e. The number of carbonyl (C=O) groups is 1. The van der Waals surface area contributed by atoms with Crippen LogP contribution in [0, 0.1) is 0 Å². The lowest BCUT2D eigenvalue weighted by atomic mass is 10.1. The minimum absolute atomic E-state index is 0.0270. The molecular weight excluding hydrogens is 252 g/mol. The standard InChI is InChI=1S/C11H18N4O2S/c1-8(16)12-9-4-3-5-15(6-9)11-13-10(7-17-2)14-18-11/h9H,3-7H2,1-2H3,(H,12,16). The minimum Gasteiger partial charge on any atom is -0.377 e. The number of hydrogen-bond donors (Lipinski definition) is 1. The van der Waals surface area contributed by atoms with Crippen LogP contribution in [0.2, 0.25) is 0 Å². The van der Waals surface area contributed by atoms with Crippen LogP contribution in [0.1, 0.15) is 25.6 Å². The van der Waals surface area contributed by atoms with Gasteiger partial charge in [0.05, 0.1) is 0 Å². The van der Waals surface area contributed by atoms with Crippen LogP contribution in [0.4, 0.5) is 5.13 Å². The Morgan fingerprint density at radius 3 is 3.22 bits per heavy atom. The van der Waals surface area contributed by atoms with Crippen LogP contribution in [0.5, 0.6) is 0 Å². The summed E-state index contributed by atoms with van der Waals surface area (Å²) in [6, 6.07) is 0.214. The zero-order valence-corrected chi connectivity index (χ0v) is 11.5. The van der Waals surface area contributed by atoms with Gasteiger partial charge < -0.3 is 15.0 Å². The lowest BCUT2D eigenvalue weighted by Crippen LogP contribution is -2.47. The summed E-state index contributed by atoms with van der Waals surface area (Å²) in [6.45, 7) is 3.78. The molecule has 0 aromatic carbocycles. The summed E-state index contributed by atoms with van der Waals surface area (Å²) in [5.41, 5.74) is 0. The van der Waals surface area contributed by atoms with Gasteiger partial charge in [-0.1, -0.05) is 0 Å². The molecule has 1 aliphatic rings. The predicted molar refractivity (Wildman–Crippen MR) is 69.7 cm³/mol. The monoisotopic (exact) mass is 270 g/mol. The molecule has 1 saturated heterocycles. The van der Waals surface area contributed by atoms with Gasteiger partial charge in [0, 0.05) is 44.7 Å². The van der Waals surface area contributed by atoms with Crippen LogP contribution in [-0.2, 0) is 16.1 Å². The van der Waals surface area contributed by atoms with Gasteiger partial charge in [-0.2, -0.15) is 4.37 Å². The molecule has 1 unspecified atom stereocenters. The molecule has 1 fully saturated rings. The SMILES string of the molecule is COCc1nsc(N2CCCC(NC(C)=O)C2)n1. The maximum atomic E-state index is 11.1. The molecule has 2 rings (SSSR count). The number of methoxy groups -OCH3 is 1. The van der Waals surface area contributed by atoms with E-state index < -0.39 is 0 Å². The molecule has 6 nitrogen and oxygen atoms in total. The van der Waals surface area contributed by atoms with Crippen molar-refractivity contribution in [3.63, 3.8) is 0 Å². The number of rotatable bonds is 4. The summed E-state index contributed by atoms with van der Waals surface area (Å²) in [6.07, 6.45) is 2.09. The summed E-state index contributed by atoms with van der Waals surface area (Å²) in [7, 11) is 1.63. The van der Waals surface area contributed by atoms with Crippen LogP contribution >= 0.6 is 11.5 Å². The van der Waals surface area contributed by atoms with Crippen molar-refractivity contribution >= 4 is 22.6 Å². The molecule has 1 N–H and O–H groups in total. The van der Waals surface area contributed by atoms with Crippen LogP contribution in [0.15, 0.2) is 0 Å². The van der Waals surface area contributed by atoms with E-state index in [0.29, 0.717) is 6.61 Å². The van der Waals surface area contributed by atoms with E-state index in [1.807, 2.05) is 0 Å². The Morgan fingerprint density at radius 2 is 2.50 bits per heavy atom. The van der Waals surface area contributed by atoms with Gasteiger partial charge in [0.25, 0.3) is 0 Å². The van der Waals surface area contributed by atoms with Crippen LogP contribution in [-0.4, -0.2) is 41.5 Å². The fraction of sp³-hybridized carbons (Fsp3) is 0.727. The normalized spacial score (nSPS) is 19.9. The highest BCUT2D eigenvalue weighted by Crippen LogP contribution is 2.22. The summed E-state index contributed by atoms with van der Waals surface area (Å²) in [5, 5.41) is 3.88. The third kappa shape index (κ3) is 3.39. The highest BCUT2D eigenvalue weighted by molar-refractivity contribution is 7.09. The summed E-state index contributed by atoms with van der Waals surface area (Å²) in [5.74, 6) is 0.748. The average Bonchev–Trinajstić information content (AvgIpc) is 2.78. The van der Waals surface area contributed by atoms with E-state index >= 15 is 0 Å². The molecule has 1 amide bonds. The van der Waals surface area contributed by atoms with E-state index in [9.17, 15) is 4.79 Å². The van der Waals surface area contributed by atoms with E-state index in [4.69, 9.17) is 4.74 Å². The number of piperidine rings is 1. The van der Waals surface area contributed by atoms with Crippen molar-refractivity contribution < 1.29 is 9.53 Å². The Kier molecular flexibility index (Phi) is 4.48. The Hall–Kier alpha value is -1.21. The van der Waals surface area contributed by atoms with Crippen molar-refractivity contribution in [1.82, 2.24) is 14.7 Å². The van der Waals surface area contributed by atoms with E-state index in [2.05, 4.69) is 19.6 Å². The first-order valence-corrected chi connectivity index (χ1v) is 6.80. The van der Waals surface area contributed by atoms with Gasteiger partial charge in [-0.3, -0.25) is 4.79 Å². The van der Waals surface area contributed by atoms with E-state index in [-0.39, 0.29) is 11.9 Å². The third-order valence-corrected chi connectivity index (χ3v) is 3.64. The number of nitrogens with zero attached hydrogens (tertiary/aromatic N) is 3. The van der Waals surface area contributed by atoms with Crippen LogP contribution in [0.3, 0.4) is 0 Å². The van der Waals surface area contributed by atoms with Gasteiger partial charge in [0.15, 0.2) is 5.82 Å². The maximum Gasteiger partial charge on any atom is 0.217 e. The van der Waals surface area contributed by atoms with Gasteiger partial charge in [0.1, 0.15) is 6.61 Å². The molecule has 0 spiro atoms. The number of aromatic nitrogens is 2. The van der Waals surface area contributed by atoms with E-state index in [1.165, 1.54) is 11.5 Å². The molecule has 1 atom stereocenters. The second kappa shape index (κ2) is 6.10. The quantitative estimate of drug-likeness (QED) is 0.876. The van der Waals surface area contributed by atoms with Crippen molar-refractivity contribution in [2.24, 2.45) is 0 Å². The molecule has 18 heavy (non-hydrogen) atoms. The smallest absolute Gasteiger partial charge is 0.217 e. The van der Waals surface area contributed by atoms with E-state index in [0.717, 1.165) is 36.9 Å². The first kappa shape index (κ1) is 13.2. The molecular formula is C11H18N4O2S. The first-order valence-electron chi connectivity index (χ1n) is 6.02. The van der Waals surface area contributed by atoms with Crippen molar-refractivity contribution in [2.75, 3.05) is 25.1 Å². The van der Waals surface area contributed by atoms with Crippen LogP contribution in [0.25, 0.3) is 0 Å². The van der Waals surface area contributed by atoms with Crippen molar-refractivity contribution in [1.29, 1.82) is 0 Å². The Bertz CT molecular complexity index is 410. The number of ether oxygens (including phenoxy) is 1. The Balaban J connectivity index is 1.96. The number of amides is 1. The Labute approximate surface area is 111 Å². The second-order valence-electron chi connectivity index (χ2n) is 4.41. The van der Waals surface area contributed by atoms with Crippen molar-refractivity contribution in [3.8, 4) is 0 Å². The number of hydrogen-bond acceptors (Lipinski definition) is 6. The lowest BCUT2D eigenvalue weighted by molar-refractivity contribution is -0.119. The maximum absolute atomic E-state index is 11.1. The zero-order valence-electron chi connectivity index (χ0n) is 10.7. The van der Waals surface area contributed by atoms with E-state index in [1.54, 1.807) is 14.0 Å². The zero-order chi connectivity index (χ0) is 13.0.